The molecule has 7 heteroatoms. The van der Waals surface area contributed by atoms with Crippen molar-refractivity contribution in [2.45, 2.75) is 71.2 Å². The number of carbonyl (C=O) groups is 2. The largest absolute Gasteiger partial charge is 0.461 e. The van der Waals surface area contributed by atoms with Gasteiger partial charge in [0.05, 0.1) is 18.1 Å². The number of esters is 1. The van der Waals surface area contributed by atoms with Crippen LogP contribution in [0.5, 0.6) is 0 Å². The summed E-state index contributed by atoms with van der Waals surface area (Å²) in [5.74, 6) is -0.260. The first kappa shape index (κ1) is 20.6. The van der Waals surface area contributed by atoms with Gasteiger partial charge in [-0.2, -0.15) is 0 Å². The van der Waals surface area contributed by atoms with Crippen LogP contribution in [0.2, 0.25) is 0 Å². The Morgan fingerprint density at radius 2 is 1.92 bits per heavy atom. The quantitative estimate of drug-likeness (QED) is 0.301. The zero-order valence-corrected chi connectivity index (χ0v) is 16.1. The van der Waals surface area contributed by atoms with E-state index in [1.54, 1.807) is 39.8 Å². The van der Waals surface area contributed by atoms with E-state index in [-0.39, 0.29) is 30.7 Å². The Bertz CT molecular complexity index is 622. The molecule has 1 aliphatic rings. The van der Waals surface area contributed by atoms with Gasteiger partial charge in [0.25, 0.3) is 0 Å². The highest BCUT2D eigenvalue weighted by atomic mass is 17.2. The highest BCUT2D eigenvalue weighted by Gasteiger charge is 2.42. The summed E-state index contributed by atoms with van der Waals surface area (Å²) >= 11 is 0. The number of carbonyl (C=O) groups excluding carboxylic acids is 2. The summed E-state index contributed by atoms with van der Waals surface area (Å²) in [6.45, 7) is 9.35. The van der Waals surface area contributed by atoms with Gasteiger partial charge >= 0.3 is 5.97 Å². The van der Waals surface area contributed by atoms with Gasteiger partial charge in [-0.3, -0.25) is 4.79 Å². The molecule has 0 radical (unpaired) electrons. The van der Waals surface area contributed by atoms with Crippen LogP contribution in [0.1, 0.15) is 63.3 Å². The molecule has 7 nitrogen and oxygen atoms in total. The molecule has 0 aromatic carbocycles. The van der Waals surface area contributed by atoms with E-state index in [0.29, 0.717) is 12.4 Å². The number of furan rings is 1. The lowest BCUT2D eigenvalue weighted by Gasteiger charge is -2.29. The first-order valence-electron chi connectivity index (χ1n) is 8.84. The Hall–Kier alpha value is -1.70. The third kappa shape index (κ3) is 5.93. The van der Waals surface area contributed by atoms with Gasteiger partial charge in [0, 0.05) is 6.61 Å². The number of aryl methyl sites for hydroxylation is 1. The summed E-state index contributed by atoms with van der Waals surface area (Å²) < 4.78 is 16.1. The molecule has 1 aromatic rings. The van der Waals surface area contributed by atoms with Crippen LogP contribution >= 0.6 is 0 Å². The Morgan fingerprint density at radius 1 is 1.19 bits per heavy atom. The molecule has 0 bridgehead atoms. The van der Waals surface area contributed by atoms with Gasteiger partial charge in [0.15, 0.2) is 5.76 Å². The monoisotopic (exact) mass is 368 g/mol. The molecule has 0 N–H and O–H groups in total. The molecule has 1 aromatic heterocycles. The first-order chi connectivity index (χ1) is 12.1. The van der Waals surface area contributed by atoms with E-state index in [0.717, 1.165) is 12.8 Å². The summed E-state index contributed by atoms with van der Waals surface area (Å²) in [4.78, 5) is 35.9. The van der Waals surface area contributed by atoms with Crippen molar-refractivity contribution in [2.75, 3.05) is 13.2 Å². The van der Waals surface area contributed by atoms with Crippen LogP contribution in [-0.4, -0.2) is 42.3 Å². The van der Waals surface area contributed by atoms with Gasteiger partial charge in [-0.15, -0.1) is 0 Å². The van der Waals surface area contributed by atoms with Crippen LogP contribution in [0.3, 0.4) is 0 Å². The van der Waals surface area contributed by atoms with Gasteiger partial charge in [-0.25, -0.2) is 14.6 Å². The SMILES string of the molecule is Cc1ccc(C(=O)CC(C)(OOC(C)(C)C)C(=O)OCC2CCCO2)o1. The number of ketones is 1. The van der Waals surface area contributed by atoms with Crippen molar-refractivity contribution in [3.63, 3.8) is 0 Å². The van der Waals surface area contributed by atoms with E-state index >= 15 is 0 Å². The molecule has 0 aliphatic carbocycles. The fraction of sp³-hybridized carbons (Fsp3) is 0.684. The second-order valence-electron chi connectivity index (χ2n) is 7.75. The maximum Gasteiger partial charge on any atom is 0.342 e. The minimum atomic E-state index is -1.59. The van der Waals surface area contributed by atoms with Crippen LogP contribution in [-0.2, 0) is 24.0 Å². The highest BCUT2D eigenvalue weighted by molar-refractivity contribution is 5.97. The van der Waals surface area contributed by atoms with Crippen LogP contribution in [0.4, 0.5) is 0 Å². The molecule has 2 unspecified atom stereocenters. The van der Waals surface area contributed by atoms with Crippen molar-refractivity contribution in [2.24, 2.45) is 0 Å². The van der Waals surface area contributed by atoms with E-state index in [9.17, 15) is 9.59 Å². The smallest absolute Gasteiger partial charge is 0.342 e. The van der Waals surface area contributed by atoms with Crippen molar-refractivity contribution in [1.82, 2.24) is 0 Å². The molecule has 1 fully saturated rings. The third-order valence-electron chi connectivity index (χ3n) is 3.84. The van der Waals surface area contributed by atoms with Gasteiger partial charge in [0.2, 0.25) is 11.4 Å². The number of rotatable bonds is 8. The maximum absolute atomic E-state index is 12.6. The second-order valence-corrected chi connectivity index (χ2v) is 7.75. The van der Waals surface area contributed by atoms with E-state index in [1.807, 2.05) is 0 Å². The molecule has 2 rings (SSSR count). The Morgan fingerprint density at radius 3 is 2.46 bits per heavy atom. The van der Waals surface area contributed by atoms with E-state index in [2.05, 4.69) is 0 Å². The molecule has 2 heterocycles. The Balaban J connectivity index is 2.06. The van der Waals surface area contributed by atoms with Crippen molar-refractivity contribution < 1.29 is 33.3 Å². The second kappa shape index (κ2) is 8.33. The molecular weight excluding hydrogens is 340 g/mol. The van der Waals surface area contributed by atoms with Crippen molar-refractivity contribution in [3.05, 3.63) is 23.7 Å². The third-order valence-corrected chi connectivity index (χ3v) is 3.84. The molecule has 26 heavy (non-hydrogen) atoms. The van der Waals surface area contributed by atoms with E-state index < -0.39 is 17.2 Å². The predicted octanol–water partition coefficient (Wildman–Crippen LogP) is 3.39. The summed E-state index contributed by atoms with van der Waals surface area (Å²) in [6, 6.07) is 3.26. The topological polar surface area (TPSA) is 84.2 Å². The van der Waals surface area contributed by atoms with Crippen molar-refractivity contribution in [3.8, 4) is 0 Å². The van der Waals surface area contributed by atoms with Gasteiger partial charge < -0.3 is 13.9 Å². The molecule has 1 saturated heterocycles. The summed E-state index contributed by atoms with van der Waals surface area (Å²) in [5.41, 5.74) is -2.25. The molecule has 0 spiro atoms. The fourth-order valence-corrected chi connectivity index (χ4v) is 2.43. The molecule has 1 aliphatic heterocycles. The molecule has 0 amide bonds. The number of hydrogen-bond donors (Lipinski definition) is 0. The lowest BCUT2D eigenvalue weighted by Crippen LogP contribution is -2.44. The van der Waals surface area contributed by atoms with Crippen molar-refractivity contribution in [1.29, 1.82) is 0 Å². The Kier molecular flexibility index (Phi) is 6.60. The number of Topliss-reactive ketones (excluding diaryl/α,β-unsaturated/α-hetero) is 1. The van der Waals surface area contributed by atoms with Gasteiger partial charge in [-0.1, -0.05) is 0 Å². The zero-order valence-electron chi connectivity index (χ0n) is 16.1. The minimum Gasteiger partial charge on any atom is -0.461 e. The van der Waals surface area contributed by atoms with Crippen LogP contribution < -0.4 is 0 Å². The summed E-state index contributed by atoms with van der Waals surface area (Å²) in [5, 5.41) is 0. The minimum absolute atomic E-state index is 0.116. The van der Waals surface area contributed by atoms with Crippen LogP contribution in [0.15, 0.2) is 16.5 Å². The predicted molar refractivity (Wildman–Crippen MR) is 92.7 cm³/mol. The normalized spacial score (nSPS) is 20.0. The zero-order chi connectivity index (χ0) is 19.4. The molecule has 146 valence electrons. The summed E-state index contributed by atoms with van der Waals surface area (Å²) in [7, 11) is 0. The average Bonchev–Trinajstić information content (AvgIpc) is 3.21. The molecular formula is C19H28O7. The highest BCUT2D eigenvalue weighted by Crippen LogP contribution is 2.25. The van der Waals surface area contributed by atoms with Crippen LogP contribution in [0, 0.1) is 6.92 Å². The number of ether oxygens (including phenoxy) is 2. The first-order valence-corrected chi connectivity index (χ1v) is 8.84. The van der Waals surface area contributed by atoms with E-state index in [4.69, 9.17) is 23.7 Å². The molecule has 2 atom stereocenters. The average molecular weight is 368 g/mol. The maximum atomic E-state index is 12.6. The lowest BCUT2D eigenvalue weighted by molar-refractivity contribution is -0.392. The number of hydrogen-bond acceptors (Lipinski definition) is 7. The Labute approximate surface area is 153 Å². The van der Waals surface area contributed by atoms with E-state index in [1.165, 1.54) is 6.92 Å². The standard InChI is InChI=1S/C19H28O7/c1-13-8-9-16(24-13)15(20)11-19(5,26-25-18(2,3)4)17(21)23-12-14-7-6-10-22-14/h8-9,14H,6-7,10-12H2,1-5H3. The van der Waals surface area contributed by atoms with Gasteiger partial charge in [-0.05, 0) is 59.6 Å². The summed E-state index contributed by atoms with van der Waals surface area (Å²) in [6.07, 6.45) is 1.41. The van der Waals surface area contributed by atoms with Gasteiger partial charge in [0.1, 0.15) is 12.4 Å². The lowest BCUT2D eigenvalue weighted by atomic mass is 9.98. The molecule has 0 saturated carbocycles. The van der Waals surface area contributed by atoms with Crippen LogP contribution in [0.25, 0.3) is 0 Å². The van der Waals surface area contributed by atoms with Crippen molar-refractivity contribution >= 4 is 11.8 Å². The fourth-order valence-electron chi connectivity index (χ4n) is 2.43.